The first kappa shape index (κ1) is 30.8. The maximum absolute atomic E-state index is 14.1. The van der Waals surface area contributed by atoms with Crippen LogP contribution in [0.4, 0.5) is 4.79 Å². The first-order chi connectivity index (χ1) is 16.2. The molecule has 1 aromatic rings. The van der Waals surface area contributed by atoms with E-state index < -0.39 is 29.3 Å². The van der Waals surface area contributed by atoms with Gasteiger partial charge < -0.3 is 20.3 Å². The second-order valence-electron chi connectivity index (χ2n) is 10.8. The van der Waals surface area contributed by atoms with Gasteiger partial charge in [0.2, 0.25) is 11.8 Å². The van der Waals surface area contributed by atoms with Crippen LogP contribution in [0, 0.1) is 6.92 Å². The Morgan fingerprint density at radius 3 is 2.29 bits per heavy atom. The van der Waals surface area contributed by atoms with E-state index in [1.807, 2.05) is 58.2 Å². The fourth-order valence-corrected chi connectivity index (χ4v) is 4.17. The molecule has 0 bridgehead atoms. The van der Waals surface area contributed by atoms with E-state index in [9.17, 15) is 14.4 Å². The minimum Gasteiger partial charge on any atom is -0.444 e. The molecule has 0 aliphatic carbocycles. The summed E-state index contributed by atoms with van der Waals surface area (Å²) in [4.78, 5) is 41.9. The first-order valence-electron chi connectivity index (χ1n) is 12.4. The lowest BCUT2D eigenvalue weighted by Crippen LogP contribution is -2.58. The van der Waals surface area contributed by atoms with Gasteiger partial charge in [-0.15, -0.1) is 0 Å². The normalized spacial score (nSPS) is 13.5. The number of thioether (sulfide) groups is 1. The van der Waals surface area contributed by atoms with E-state index in [-0.39, 0.29) is 11.8 Å². The van der Waals surface area contributed by atoms with Gasteiger partial charge in [0.1, 0.15) is 17.7 Å². The molecule has 0 aliphatic heterocycles. The van der Waals surface area contributed by atoms with Crippen molar-refractivity contribution in [2.45, 2.75) is 97.9 Å². The highest BCUT2D eigenvalue weighted by atomic mass is 32.2. The lowest BCUT2D eigenvalue weighted by Gasteiger charge is -2.43. The Balaban J connectivity index is 3.48. The number of carbonyl (C=O) groups is 3. The average molecular weight is 508 g/mol. The van der Waals surface area contributed by atoms with Gasteiger partial charge in [0.25, 0.3) is 0 Å². The topological polar surface area (TPSA) is 87.7 Å². The number of aryl methyl sites for hydroxylation is 1. The third-order valence-corrected chi connectivity index (χ3v) is 5.90. The van der Waals surface area contributed by atoms with Crippen LogP contribution >= 0.6 is 11.8 Å². The second-order valence-corrected chi connectivity index (χ2v) is 11.8. The van der Waals surface area contributed by atoms with E-state index in [1.165, 1.54) is 0 Å². The number of rotatable bonds is 11. The van der Waals surface area contributed by atoms with Crippen molar-refractivity contribution < 1.29 is 19.1 Å². The summed E-state index contributed by atoms with van der Waals surface area (Å²) in [5, 5.41) is 5.79. The summed E-state index contributed by atoms with van der Waals surface area (Å²) in [6.45, 7) is 15.6. The van der Waals surface area contributed by atoms with Crippen molar-refractivity contribution in [3.63, 3.8) is 0 Å². The highest BCUT2D eigenvalue weighted by molar-refractivity contribution is 7.98. The summed E-state index contributed by atoms with van der Waals surface area (Å²) in [5.41, 5.74) is 0.356. The number of alkyl carbamates (subject to hydrolysis) is 1. The van der Waals surface area contributed by atoms with Crippen molar-refractivity contribution in [1.29, 1.82) is 0 Å². The Hall–Kier alpha value is -2.22. The Labute approximate surface area is 216 Å². The highest BCUT2D eigenvalue weighted by Gasteiger charge is 2.41. The Bertz CT molecular complexity index is 846. The molecule has 0 aliphatic rings. The minimum absolute atomic E-state index is 0.229. The molecule has 1 rings (SSSR count). The van der Waals surface area contributed by atoms with Gasteiger partial charge in [-0.1, -0.05) is 43.2 Å². The monoisotopic (exact) mass is 507 g/mol. The molecule has 0 saturated carbocycles. The van der Waals surface area contributed by atoms with E-state index in [0.29, 0.717) is 18.7 Å². The predicted molar refractivity (Wildman–Crippen MR) is 145 cm³/mol. The summed E-state index contributed by atoms with van der Waals surface area (Å²) in [5.74, 6) is 0.130. The molecule has 198 valence electrons. The molecule has 7 nitrogen and oxygen atoms in total. The summed E-state index contributed by atoms with van der Waals surface area (Å²) < 4.78 is 5.43. The third kappa shape index (κ3) is 10.5. The zero-order chi connectivity index (χ0) is 26.8. The zero-order valence-electron chi connectivity index (χ0n) is 23.0. The van der Waals surface area contributed by atoms with Gasteiger partial charge in [-0.3, -0.25) is 9.59 Å². The van der Waals surface area contributed by atoms with E-state index in [0.717, 1.165) is 24.0 Å². The van der Waals surface area contributed by atoms with Crippen LogP contribution in [0.1, 0.15) is 84.9 Å². The van der Waals surface area contributed by atoms with E-state index in [2.05, 4.69) is 17.6 Å². The van der Waals surface area contributed by atoms with Gasteiger partial charge in [0.05, 0.1) is 0 Å². The molecular formula is C27H45N3O4S. The molecule has 2 atom stereocenters. The van der Waals surface area contributed by atoms with Crippen LogP contribution < -0.4 is 10.6 Å². The fourth-order valence-electron chi connectivity index (χ4n) is 3.70. The number of unbranched alkanes of at least 4 members (excludes halogenated alkanes) is 1. The molecule has 0 radical (unpaired) electrons. The van der Waals surface area contributed by atoms with Crippen LogP contribution in [0.25, 0.3) is 0 Å². The Morgan fingerprint density at radius 1 is 1.11 bits per heavy atom. The molecule has 0 heterocycles. The van der Waals surface area contributed by atoms with Crippen LogP contribution in [-0.4, -0.2) is 58.5 Å². The Morgan fingerprint density at radius 2 is 1.77 bits per heavy atom. The number of carbonyl (C=O) groups excluding carboxylic acids is 3. The van der Waals surface area contributed by atoms with Crippen molar-refractivity contribution in [1.82, 2.24) is 15.5 Å². The van der Waals surface area contributed by atoms with Crippen molar-refractivity contribution in [3.05, 3.63) is 35.4 Å². The van der Waals surface area contributed by atoms with Gasteiger partial charge in [0.15, 0.2) is 0 Å². The number of nitrogens with one attached hydrogen (secondary N) is 2. The molecule has 35 heavy (non-hydrogen) atoms. The average Bonchev–Trinajstić information content (AvgIpc) is 2.72. The van der Waals surface area contributed by atoms with E-state index in [4.69, 9.17) is 4.74 Å². The lowest BCUT2D eigenvalue weighted by molar-refractivity contribution is -0.148. The molecule has 3 amide bonds. The molecule has 2 N–H and O–H groups in total. The van der Waals surface area contributed by atoms with Crippen LogP contribution in [0.2, 0.25) is 0 Å². The standard InChI is InChI=1S/C27H45N3O4S/c1-10-11-16-28-23(31)22(20-14-12-13-19(2)18-20)30(26(3,4)5)24(32)21(15-17-35-9)29-25(33)34-27(6,7)8/h12-14,18,21-22H,10-11,15-17H2,1-9H3,(H,28,31)(H,29,33). The van der Waals surface area contributed by atoms with Crippen molar-refractivity contribution in [3.8, 4) is 0 Å². The number of nitrogens with zero attached hydrogens (tertiary/aromatic N) is 1. The van der Waals surface area contributed by atoms with Crippen LogP contribution in [0.15, 0.2) is 24.3 Å². The molecule has 0 saturated heterocycles. The molecule has 8 heteroatoms. The predicted octanol–water partition coefficient (Wildman–Crippen LogP) is 5.23. The maximum atomic E-state index is 14.1. The van der Waals surface area contributed by atoms with Crippen LogP contribution in [0.5, 0.6) is 0 Å². The quantitative estimate of drug-likeness (QED) is 0.401. The van der Waals surface area contributed by atoms with Gasteiger partial charge >= 0.3 is 6.09 Å². The smallest absolute Gasteiger partial charge is 0.408 e. The summed E-state index contributed by atoms with van der Waals surface area (Å²) in [6, 6.07) is 6.01. The first-order valence-corrected chi connectivity index (χ1v) is 13.8. The fraction of sp³-hybridized carbons (Fsp3) is 0.667. The highest BCUT2D eigenvalue weighted by Crippen LogP contribution is 2.31. The third-order valence-electron chi connectivity index (χ3n) is 5.25. The molecule has 0 spiro atoms. The van der Waals surface area contributed by atoms with Crippen molar-refractivity contribution >= 4 is 29.7 Å². The van der Waals surface area contributed by atoms with E-state index in [1.54, 1.807) is 37.4 Å². The molecule has 2 unspecified atom stereocenters. The summed E-state index contributed by atoms with van der Waals surface area (Å²) >= 11 is 1.59. The van der Waals surface area contributed by atoms with Gasteiger partial charge in [-0.05, 0) is 78.9 Å². The lowest BCUT2D eigenvalue weighted by atomic mass is 9.94. The largest absolute Gasteiger partial charge is 0.444 e. The van der Waals surface area contributed by atoms with Gasteiger partial charge in [0, 0.05) is 12.1 Å². The second kappa shape index (κ2) is 13.8. The number of amides is 3. The van der Waals surface area contributed by atoms with E-state index >= 15 is 0 Å². The van der Waals surface area contributed by atoms with Crippen molar-refractivity contribution in [2.75, 3.05) is 18.6 Å². The number of benzene rings is 1. The molecule has 0 fully saturated rings. The SMILES string of the molecule is CCCCNC(=O)C(c1cccc(C)c1)N(C(=O)C(CCSC)NC(=O)OC(C)(C)C)C(C)(C)C. The van der Waals surface area contributed by atoms with Crippen LogP contribution in [-0.2, 0) is 14.3 Å². The zero-order valence-corrected chi connectivity index (χ0v) is 23.8. The van der Waals surface area contributed by atoms with Gasteiger partial charge in [-0.2, -0.15) is 11.8 Å². The number of hydrogen-bond acceptors (Lipinski definition) is 5. The van der Waals surface area contributed by atoms with Crippen molar-refractivity contribution in [2.24, 2.45) is 0 Å². The maximum Gasteiger partial charge on any atom is 0.408 e. The Kier molecular flexibility index (Phi) is 12.1. The molecule has 0 aromatic heterocycles. The number of hydrogen-bond donors (Lipinski definition) is 2. The number of ether oxygens (including phenoxy) is 1. The molecular weight excluding hydrogens is 462 g/mol. The van der Waals surface area contributed by atoms with Gasteiger partial charge in [-0.25, -0.2) is 4.79 Å². The minimum atomic E-state index is -0.837. The van der Waals surface area contributed by atoms with Crippen LogP contribution in [0.3, 0.4) is 0 Å². The molecule has 1 aromatic carbocycles. The summed E-state index contributed by atoms with van der Waals surface area (Å²) in [6.07, 6.45) is 3.53. The summed E-state index contributed by atoms with van der Waals surface area (Å²) in [7, 11) is 0.